The van der Waals surface area contributed by atoms with Gasteiger partial charge in [-0.05, 0) is 72.5 Å². The lowest BCUT2D eigenvalue weighted by Gasteiger charge is -2.19. The van der Waals surface area contributed by atoms with Crippen LogP contribution in [0.1, 0.15) is 29.3 Å². The van der Waals surface area contributed by atoms with Crippen molar-refractivity contribution in [1.82, 2.24) is 0 Å². The highest BCUT2D eigenvalue weighted by molar-refractivity contribution is 7.11. The van der Waals surface area contributed by atoms with Gasteiger partial charge < -0.3 is 0 Å². The van der Waals surface area contributed by atoms with Gasteiger partial charge in [-0.2, -0.15) is 0 Å². The van der Waals surface area contributed by atoms with E-state index in [-0.39, 0.29) is 0 Å². The highest BCUT2D eigenvalue weighted by Gasteiger charge is 2.18. The van der Waals surface area contributed by atoms with Crippen LogP contribution in [0.4, 0.5) is 0 Å². The fourth-order valence-corrected chi connectivity index (χ4v) is 5.82. The quantitative estimate of drug-likeness (QED) is 0.252. The number of thiophene rings is 1. The number of benzene rings is 5. The molecule has 0 amide bonds. The van der Waals surface area contributed by atoms with Gasteiger partial charge in [0.1, 0.15) is 0 Å². The second-order valence-electron chi connectivity index (χ2n) is 8.02. The molecule has 0 bridgehead atoms. The van der Waals surface area contributed by atoms with Gasteiger partial charge in [0.25, 0.3) is 0 Å². The van der Waals surface area contributed by atoms with Crippen molar-refractivity contribution in [3.8, 4) is 0 Å². The Bertz CT molecular complexity index is 1520. The summed E-state index contributed by atoms with van der Waals surface area (Å²) < 4.78 is 0. The maximum atomic E-state index is 2.33. The van der Waals surface area contributed by atoms with Crippen LogP contribution >= 0.6 is 11.3 Å². The van der Waals surface area contributed by atoms with Gasteiger partial charge in [-0.1, -0.05) is 97.9 Å². The zero-order chi connectivity index (χ0) is 20.8. The van der Waals surface area contributed by atoms with Crippen molar-refractivity contribution in [1.29, 1.82) is 0 Å². The molecule has 0 aliphatic rings. The van der Waals surface area contributed by atoms with E-state index in [0.29, 0.717) is 0 Å². The normalized spacial score (nSPS) is 12.7. The van der Waals surface area contributed by atoms with E-state index in [0.717, 1.165) is 6.42 Å². The van der Waals surface area contributed by atoms with E-state index in [1.165, 1.54) is 59.5 Å². The van der Waals surface area contributed by atoms with Crippen LogP contribution < -0.4 is 0 Å². The van der Waals surface area contributed by atoms with Crippen molar-refractivity contribution >= 4 is 54.8 Å². The van der Waals surface area contributed by atoms with Crippen LogP contribution in [-0.2, 0) is 0 Å². The van der Waals surface area contributed by atoms with Crippen LogP contribution in [0.2, 0.25) is 0 Å². The molecule has 1 heterocycles. The lowest BCUT2D eigenvalue weighted by molar-refractivity contribution is 1.25. The van der Waals surface area contributed by atoms with E-state index in [1.807, 2.05) is 11.3 Å². The SMILES string of the molecule is CC/C(=C(/c1ccccc1)c1ccc2ccc3cccc4ccc1c2c34)c1cccs1. The molecule has 148 valence electrons. The molecule has 0 atom stereocenters. The Morgan fingerprint density at radius 1 is 0.645 bits per heavy atom. The Morgan fingerprint density at radius 2 is 1.35 bits per heavy atom. The maximum Gasteiger partial charge on any atom is 0.0308 e. The first kappa shape index (κ1) is 18.4. The van der Waals surface area contributed by atoms with Crippen LogP contribution in [0.25, 0.3) is 43.5 Å². The van der Waals surface area contributed by atoms with E-state index in [2.05, 4.69) is 109 Å². The van der Waals surface area contributed by atoms with E-state index < -0.39 is 0 Å². The van der Waals surface area contributed by atoms with E-state index >= 15 is 0 Å². The smallest absolute Gasteiger partial charge is 0.0308 e. The minimum Gasteiger partial charge on any atom is -0.144 e. The predicted molar refractivity (Wildman–Crippen MR) is 137 cm³/mol. The van der Waals surface area contributed by atoms with Crippen molar-refractivity contribution in [3.63, 3.8) is 0 Å². The van der Waals surface area contributed by atoms with Crippen molar-refractivity contribution in [2.75, 3.05) is 0 Å². The molecule has 31 heavy (non-hydrogen) atoms. The van der Waals surface area contributed by atoms with Gasteiger partial charge in [0.05, 0.1) is 0 Å². The summed E-state index contributed by atoms with van der Waals surface area (Å²) in [5, 5.41) is 10.2. The maximum absolute atomic E-state index is 2.33. The Morgan fingerprint density at radius 3 is 2.06 bits per heavy atom. The molecule has 0 spiro atoms. The van der Waals surface area contributed by atoms with Crippen LogP contribution in [0, 0.1) is 0 Å². The molecular weight excluding hydrogens is 392 g/mol. The third-order valence-corrected chi connectivity index (χ3v) is 7.26. The fraction of sp³-hybridized carbons (Fsp3) is 0.0667. The summed E-state index contributed by atoms with van der Waals surface area (Å²) in [6.07, 6.45) is 0.993. The standard InChI is InChI=1S/C30H22S/c1-2-24(27-12-7-19-31-27)29(20-8-4-3-5-9-20)25-17-16-23-14-13-21-10-6-11-22-15-18-26(25)30(23)28(21)22/h3-19H,2H2,1H3/b29-24+. The molecular formula is C30H22S. The van der Waals surface area contributed by atoms with E-state index in [1.54, 1.807) is 0 Å². The van der Waals surface area contributed by atoms with E-state index in [4.69, 9.17) is 0 Å². The van der Waals surface area contributed by atoms with Gasteiger partial charge in [0, 0.05) is 4.88 Å². The highest BCUT2D eigenvalue weighted by Crippen LogP contribution is 2.42. The Balaban J connectivity index is 1.77. The molecule has 0 saturated carbocycles. The largest absolute Gasteiger partial charge is 0.144 e. The van der Waals surface area contributed by atoms with Crippen LogP contribution in [0.5, 0.6) is 0 Å². The lowest BCUT2D eigenvalue weighted by Crippen LogP contribution is -1.96. The Labute approximate surface area is 186 Å². The fourth-order valence-electron chi connectivity index (χ4n) is 4.97. The number of hydrogen-bond donors (Lipinski definition) is 0. The average Bonchev–Trinajstić information content (AvgIpc) is 3.36. The molecule has 0 aliphatic heterocycles. The minimum atomic E-state index is 0.993. The minimum absolute atomic E-state index is 0.993. The Kier molecular flexibility index (Phi) is 4.36. The van der Waals surface area contributed by atoms with Crippen molar-refractivity contribution < 1.29 is 0 Å². The summed E-state index contributed by atoms with van der Waals surface area (Å²) in [6, 6.07) is 35.7. The summed E-state index contributed by atoms with van der Waals surface area (Å²) >= 11 is 1.83. The van der Waals surface area contributed by atoms with Gasteiger partial charge in [-0.25, -0.2) is 0 Å². The zero-order valence-electron chi connectivity index (χ0n) is 17.4. The highest BCUT2D eigenvalue weighted by atomic mass is 32.1. The first-order valence-corrected chi connectivity index (χ1v) is 11.7. The van der Waals surface area contributed by atoms with Crippen molar-refractivity contribution in [3.05, 3.63) is 118 Å². The first-order chi connectivity index (χ1) is 15.3. The van der Waals surface area contributed by atoms with Gasteiger partial charge >= 0.3 is 0 Å². The second kappa shape index (κ2) is 7.37. The molecule has 0 N–H and O–H groups in total. The van der Waals surface area contributed by atoms with Gasteiger partial charge in [-0.3, -0.25) is 0 Å². The average molecular weight is 415 g/mol. The molecule has 0 radical (unpaired) electrons. The molecule has 6 rings (SSSR count). The third kappa shape index (κ3) is 2.89. The van der Waals surface area contributed by atoms with Crippen LogP contribution in [-0.4, -0.2) is 0 Å². The summed E-state index contributed by atoms with van der Waals surface area (Å²) in [4.78, 5) is 1.35. The molecule has 0 nitrogen and oxygen atoms in total. The second-order valence-corrected chi connectivity index (χ2v) is 8.97. The van der Waals surface area contributed by atoms with Crippen molar-refractivity contribution in [2.24, 2.45) is 0 Å². The number of hydrogen-bond acceptors (Lipinski definition) is 1. The Hall–Kier alpha value is -3.42. The van der Waals surface area contributed by atoms with Gasteiger partial charge in [-0.15, -0.1) is 11.3 Å². The molecule has 0 unspecified atom stereocenters. The number of allylic oxidation sites excluding steroid dienone is 1. The van der Waals surface area contributed by atoms with Crippen molar-refractivity contribution in [2.45, 2.75) is 13.3 Å². The topological polar surface area (TPSA) is 0 Å². The molecule has 1 aromatic heterocycles. The zero-order valence-corrected chi connectivity index (χ0v) is 18.2. The summed E-state index contributed by atoms with van der Waals surface area (Å²) in [5.74, 6) is 0. The van der Waals surface area contributed by atoms with E-state index in [9.17, 15) is 0 Å². The molecule has 1 heteroatoms. The number of rotatable bonds is 4. The summed E-state index contributed by atoms with van der Waals surface area (Å²) in [5.41, 5.74) is 5.37. The molecule has 0 fully saturated rings. The monoisotopic (exact) mass is 414 g/mol. The van der Waals surface area contributed by atoms with Crippen LogP contribution in [0.15, 0.2) is 102 Å². The summed E-state index contributed by atoms with van der Waals surface area (Å²) in [6.45, 7) is 2.27. The molecule has 5 aromatic carbocycles. The predicted octanol–water partition coefficient (Wildman–Crippen LogP) is 9.01. The first-order valence-electron chi connectivity index (χ1n) is 10.8. The third-order valence-electron chi connectivity index (χ3n) is 6.33. The van der Waals surface area contributed by atoms with Gasteiger partial charge in [0.2, 0.25) is 0 Å². The van der Waals surface area contributed by atoms with Gasteiger partial charge in [0.15, 0.2) is 0 Å². The molecule has 6 aromatic rings. The molecule has 0 aliphatic carbocycles. The molecule has 0 saturated heterocycles. The van der Waals surface area contributed by atoms with Crippen LogP contribution in [0.3, 0.4) is 0 Å². The summed E-state index contributed by atoms with van der Waals surface area (Å²) in [7, 11) is 0. The lowest BCUT2D eigenvalue weighted by atomic mass is 9.85.